The molecule has 1 heterocycles. The SMILES string of the molecule is Cc1cccc(-c2csc(NC(=O)[C@@H]3[C@@H](C(=O)O)[C@H]4C=C[C@@H]3C4)c2C(=O)OC(C)C)c1. The summed E-state index contributed by atoms with van der Waals surface area (Å²) < 4.78 is 5.45. The Morgan fingerprint density at radius 1 is 1.16 bits per heavy atom. The monoisotopic (exact) mass is 439 g/mol. The summed E-state index contributed by atoms with van der Waals surface area (Å²) in [4.78, 5) is 37.9. The third kappa shape index (κ3) is 4.02. The average molecular weight is 440 g/mol. The van der Waals surface area contributed by atoms with Crippen molar-refractivity contribution in [1.82, 2.24) is 0 Å². The van der Waals surface area contributed by atoms with Crippen molar-refractivity contribution in [2.24, 2.45) is 23.7 Å². The van der Waals surface area contributed by atoms with Crippen LogP contribution in [0.1, 0.15) is 36.2 Å². The molecule has 31 heavy (non-hydrogen) atoms. The number of allylic oxidation sites excluding steroid dienone is 2. The van der Waals surface area contributed by atoms with E-state index in [0.29, 0.717) is 22.5 Å². The van der Waals surface area contributed by atoms with Crippen molar-refractivity contribution in [1.29, 1.82) is 0 Å². The largest absolute Gasteiger partial charge is 0.481 e. The number of hydrogen-bond donors (Lipinski definition) is 2. The molecule has 7 heteroatoms. The molecular weight excluding hydrogens is 414 g/mol. The molecule has 2 N–H and O–H groups in total. The van der Waals surface area contributed by atoms with E-state index >= 15 is 0 Å². The number of rotatable bonds is 6. The van der Waals surface area contributed by atoms with E-state index in [2.05, 4.69) is 5.32 Å². The Morgan fingerprint density at radius 3 is 2.52 bits per heavy atom. The van der Waals surface area contributed by atoms with Crippen molar-refractivity contribution in [2.45, 2.75) is 33.3 Å². The molecule has 4 rings (SSSR count). The third-order valence-corrected chi connectivity index (χ3v) is 6.85. The van der Waals surface area contributed by atoms with Crippen LogP contribution in [-0.4, -0.2) is 29.1 Å². The molecule has 4 atom stereocenters. The van der Waals surface area contributed by atoms with Crippen LogP contribution in [0.25, 0.3) is 11.1 Å². The van der Waals surface area contributed by atoms with Crippen LogP contribution in [0.2, 0.25) is 0 Å². The van der Waals surface area contributed by atoms with E-state index in [1.54, 1.807) is 13.8 Å². The Balaban J connectivity index is 1.68. The van der Waals surface area contributed by atoms with E-state index < -0.39 is 23.8 Å². The molecule has 1 amide bonds. The van der Waals surface area contributed by atoms with Gasteiger partial charge in [0, 0.05) is 10.9 Å². The van der Waals surface area contributed by atoms with Crippen molar-refractivity contribution in [2.75, 3.05) is 5.32 Å². The van der Waals surface area contributed by atoms with Crippen LogP contribution in [0.3, 0.4) is 0 Å². The van der Waals surface area contributed by atoms with E-state index in [1.807, 2.05) is 48.7 Å². The molecule has 0 radical (unpaired) electrons. The second-order valence-corrected chi connectivity index (χ2v) is 9.38. The molecule has 1 fully saturated rings. The summed E-state index contributed by atoms with van der Waals surface area (Å²) >= 11 is 1.25. The highest BCUT2D eigenvalue weighted by Gasteiger charge is 2.51. The second kappa shape index (κ2) is 8.30. The minimum Gasteiger partial charge on any atom is -0.481 e. The molecule has 1 aromatic heterocycles. The van der Waals surface area contributed by atoms with Gasteiger partial charge in [-0.25, -0.2) is 4.79 Å². The van der Waals surface area contributed by atoms with Gasteiger partial charge in [-0.2, -0.15) is 0 Å². The number of amides is 1. The van der Waals surface area contributed by atoms with Crippen molar-refractivity contribution in [3.8, 4) is 11.1 Å². The number of aryl methyl sites for hydroxylation is 1. The van der Waals surface area contributed by atoms with Crippen LogP contribution in [0.4, 0.5) is 5.00 Å². The van der Waals surface area contributed by atoms with Crippen molar-refractivity contribution in [3.05, 3.63) is 52.9 Å². The Hall–Kier alpha value is -2.93. The zero-order valence-corrected chi connectivity index (χ0v) is 18.4. The second-order valence-electron chi connectivity index (χ2n) is 8.50. The number of carboxylic acid groups (broad SMARTS) is 1. The first-order valence-corrected chi connectivity index (χ1v) is 11.3. The highest BCUT2D eigenvalue weighted by Crippen LogP contribution is 2.49. The predicted molar refractivity (Wildman–Crippen MR) is 119 cm³/mol. The fourth-order valence-electron chi connectivity index (χ4n) is 4.66. The molecule has 6 nitrogen and oxygen atoms in total. The van der Waals surface area contributed by atoms with Crippen LogP contribution in [0, 0.1) is 30.6 Å². The summed E-state index contributed by atoms with van der Waals surface area (Å²) in [6.07, 6.45) is 4.21. The number of carbonyl (C=O) groups excluding carboxylic acids is 2. The van der Waals surface area contributed by atoms with Gasteiger partial charge >= 0.3 is 11.9 Å². The van der Waals surface area contributed by atoms with Crippen molar-refractivity contribution >= 4 is 34.2 Å². The number of carbonyl (C=O) groups is 3. The number of thiophene rings is 1. The van der Waals surface area contributed by atoms with Crippen LogP contribution in [0.15, 0.2) is 41.8 Å². The Bertz CT molecular complexity index is 1070. The number of benzene rings is 1. The molecule has 2 bridgehead atoms. The van der Waals surface area contributed by atoms with Crippen LogP contribution < -0.4 is 5.32 Å². The first-order chi connectivity index (χ1) is 14.8. The summed E-state index contributed by atoms with van der Waals surface area (Å²) in [7, 11) is 0. The molecular formula is C24H25NO5S. The summed E-state index contributed by atoms with van der Waals surface area (Å²) in [6.45, 7) is 5.52. The minimum atomic E-state index is -0.955. The number of anilines is 1. The lowest BCUT2D eigenvalue weighted by Gasteiger charge is -2.23. The standard InChI is InChI=1S/C24H25NO5S/c1-12(2)30-24(29)20-17(14-6-4-5-13(3)9-14)11-31-22(20)25-21(26)18-15-7-8-16(10-15)19(18)23(27)28/h4-9,11-12,15-16,18-19H,10H2,1-3H3,(H,25,26)(H,27,28)/t15-,16+,18+,19+/m1/s1. The molecule has 0 saturated heterocycles. The molecule has 1 saturated carbocycles. The number of ether oxygens (including phenoxy) is 1. The molecule has 2 aliphatic rings. The summed E-state index contributed by atoms with van der Waals surface area (Å²) in [5, 5.41) is 14.7. The first-order valence-electron chi connectivity index (χ1n) is 10.4. The normalized spacial score (nSPS) is 23.9. The fraction of sp³-hybridized carbons (Fsp3) is 0.375. The summed E-state index contributed by atoms with van der Waals surface area (Å²) in [5.74, 6) is -3.42. The van der Waals surface area contributed by atoms with Gasteiger partial charge in [-0.05, 0) is 44.6 Å². The topological polar surface area (TPSA) is 92.7 Å². The van der Waals surface area contributed by atoms with Gasteiger partial charge in [-0.3, -0.25) is 9.59 Å². The average Bonchev–Trinajstić information content (AvgIpc) is 3.41. The van der Waals surface area contributed by atoms with E-state index in [9.17, 15) is 19.5 Å². The lowest BCUT2D eigenvalue weighted by molar-refractivity contribution is -0.146. The van der Waals surface area contributed by atoms with Gasteiger partial charge in [-0.1, -0.05) is 42.0 Å². The molecule has 0 aliphatic heterocycles. The van der Waals surface area contributed by atoms with Gasteiger partial charge < -0.3 is 15.2 Å². The number of aliphatic carboxylic acids is 1. The van der Waals surface area contributed by atoms with Crippen molar-refractivity contribution < 1.29 is 24.2 Å². The Labute approximate surface area is 184 Å². The minimum absolute atomic E-state index is 0.0895. The molecule has 2 aliphatic carbocycles. The Morgan fingerprint density at radius 2 is 1.87 bits per heavy atom. The molecule has 162 valence electrons. The number of carboxylic acids is 1. The number of hydrogen-bond acceptors (Lipinski definition) is 5. The van der Waals surface area contributed by atoms with E-state index in [-0.39, 0.29) is 23.8 Å². The fourth-order valence-corrected chi connectivity index (χ4v) is 5.62. The molecule has 0 unspecified atom stereocenters. The summed E-state index contributed by atoms with van der Waals surface area (Å²) in [6, 6.07) is 7.77. The summed E-state index contributed by atoms with van der Waals surface area (Å²) in [5.41, 5.74) is 2.91. The lowest BCUT2D eigenvalue weighted by Crippen LogP contribution is -2.36. The first kappa shape index (κ1) is 21.3. The zero-order chi connectivity index (χ0) is 22.3. The maximum atomic E-state index is 13.2. The highest BCUT2D eigenvalue weighted by molar-refractivity contribution is 7.15. The van der Waals surface area contributed by atoms with Gasteiger partial charge in [0.1, 0.15) is 10.6 Å². The van der Waals surface area contributed by atoms with Gasteiger partial charge in [0.2, 0.25) is 5.91 Å². The third-order valence-electron chi connectivity index (χ3n) is 5.95. The van der Waals surface area contributed by atoms with Gasteiger partial charge in [0.25, 0.3) is 0 Å². The van der Waals surface area contributed by atoms with Crippen LogP contribution >= 0.6 is 11.3 Å². The zero-order valence-electron chi connectivity index (χ0n) is 17.6. The maximum absolute atomic E-state index is 13.2. The van der Waals surface area contributed by atoms with Crippen molar-refractivity contribution in [3.63, 3.8) is 0 Å². The van der Waals surface area contributed by atoms with E-state index in [4.69, 9.17) is 4.74 Å². The number of nitrogens with one attached hydrogen (secondary N) is 1. The number of fused-ring (bicyclic) bond motifs is 2. The quantitative estimate of drug-likeness (QED) is 0.500. The highest BCUT2D eigenvalue weighted by atomic mass is 32.1. The Kier molecular flexibility index (Phi) is 5.71. The van der Waals surface area contributed by atoms with Gasteiger partial charge in [-0.15, -0.1) is 11.3 Å². The maximum Gasteiger partial charge on any atom is 0.342 e. The smallest absolute Gasteiger partial charge is 0.342 e. The molecule has 2 aromatic rings. The van der Waals surface area contributed by atoms with Gasteiger partial charge in [0.15, 0.2) is 0 Å². The van der Waals surface area contributed by atoms with E-state index in [1.165, 1.54) is 11.3 Å². The number of esters is 1. The molecule has 1 aromatic carbocycles. The lowest BCUT2D eigenvalue weighted by atomic mass is 9.82. The van der Waals surface area contributed by atoms with Crippen LogP contribution in [-0.2, 0) is 14.3 Å². The molecule has 0 spiro atoms. The van der Waals surface area contributed by atoms with Crippen LogP contribution in [0.5, 0.6) is 0 Å². The van der Waals surface area contributed by atoms with E-state index in [0.717, 1.165) is 11.1 Å². The van der Waals surface area contributed by atoms with Gasteiger partial charge in [0.05, 0.1) is 17.9 Å². The predicted octanol–water partition coefficient (Wildman–Crippen LogP) is 4.75.